The zero-order chi connectivity index (χ0) is 21.8. The molecule has 31 heavy (non-hydrogen) atoms. The minimum absolute atomic E-state index is 0.266. The van der Waals surface area contributed by atoms with Crippen molar-refractivity contribution < 1.29 is 14.7 Å². The number of rotatable bonds is 5. The van der Waals surface area contributed by atoms with E-state index in [4.69, 9.17) is 0 Å². The summed E-state index contributed by atoms with van der Waals surface area (Å²) in [6.07, 6.45) is 4.43. The molecule has 2 aromatic carbocycles. The minimum atomic E-state index is -1.16. The highest BCUT2D eigenvalue weighted by molar-refractivity contribution is 5.95. The van der Waals surface area contributed by atoms with Crippen LogP contribution in [0, 0.1) is 18.8 Å². The molecule has 0 unspecified atom stereocenters. The average molecular weight is 419 g/mol. The van der Waals surface area contributed by atoms with Gasteiger partial charge in [-0.1, -0.05) is 30.4 Å². The van der Waals surface area contributed by atoms with E-state index in [0.717, 1.165) is 31.9 Å². The van der Waals surface area contributed by atoms with E-state index in [1.807, 2.05) is 30.3 Å². The first-order valence-corrected chi connectivity index (χ1v) is 10.9. The van der Waals surface area contributed by atoms with E-state index in [9.17, 15) is 14.7 Å². The van der Waals surface area contributed by atoms with Crippen molar-refractivity contribution in [2.24, 2.45) is 11.8 Å². The predicted octanol–water partition coefficient (Wildman–Crippen LogP) is 2.59. The highest BCUT2D eigenvalue weighted by Gasteiger charge is 2.29. The Morgan fingerprint density at radius 3 is 2.13 bits per heavy atom. The van der Waals surface area contributed by atoms with Crippen LogP contribution in [0.4, 0.5) is 17.1 Å². The average Bonchev–Trinajstić information content (AvgIpc) is 2.80. The van der Waals surface area contributed by atoms with Crippen molar-refractivity contribution in [2.75, 3.05) is 41.3 Å². The topological polar surface area (TPSA) is 75.7 Å². The summed E-state index contributed by atoms with van der Waals surface area (Å²) in [5.41, 5.74) is 4.40. The maximum absolute atomic E-state index is 12.6. The molecule has 1 heterocycles. The molecule has 0 saturated carbocycles. The molecule has 0 spiro atoms. The molecule has 0 bridgehead atoms. The fourth-order valence-corrected chi connectivity index (χ4v) is 4.48. The number of carbonyl (C=O) groups is 2. The van der Waals surface area contributed by atoms with Gasteiger partial charge in [-0.2, -0.15) is 0 Å². The van der Waals surface area contributed by atoms with Gasteiger partial charge in [0, 0.05) is 55.1 Å². The summed E-state index contributed by atoms with van der Waals surface area (Å²) in [5, 5.41) is 14.2. The van der Waals surface area contributed by atoms with Crippen LogP contribution < -0.4 is 20.2 Å². The Balaban J connectivity index is 1.34. The zero-order valence-corrected chi connectivity index (χ0v) is 17.8. The summed E-state index contributed by atoms with van der Waals surface area (Å²) in [7, 11) is 0. The van der Waals surface area contributed by atoms with Crippen LogP contribution in [-0.4, -0.2) is 38.1 Å². The van der Waals surface area contributed by atoms with Gasteiger partial charge in [0.1, 0.15) is 0 Å². The normalized spacial score (nSPS) is 21.1. The van der Waals surface area contributed by atoms with Crippen molar-refractivity contribution in [3.8, 4) is 0 Å². The van der Waals surface area contributed by atoms with E-state index >= 15 is 0 Å². The summed E-state index contributed by atoms with van der Waals surface area (Å²) in [5.74, 6) is -2.79. The first-order chi connectivity index (χ1) is 15.0. The lowest BCUT2D eigenvalue weighted by molar-refractivity contribution is -0.313. The number of nitrogens with one attached hydrogen (secondary N) is 1. The van der Waals surface area contributed by atoms with Gasteiger partial charge in [-0.15, -0.1) is 0 Å². The summed E-state index contributed by atoms with van der Waals surface area (Å²) in [6, 6.07) is 16.3. The lowest BCUT2D eigenvalue weighted by Crippen LogP contribution is -2.46. The van der Waals surface area contributed by atoms with Crippen molar-refractivity contribution in [3.63, 3.8) is 0 Å². The lowest BCUT2D eigenvalue weighted by Gasteiger charge is -2.38. The van der Waals surface area contributed by atoms with E-state index in [-0.39, 0.29) is 5.91 Å². The van der Waals surface area contributed by atoms with Gasteiger partial charge < -0.3 is 25.0 Å². The van der Waals surface area contributed by atoms with Crippen molar-refractivity contribution in [2.45, 2.75) is 19.8 Å². The fourth-order valence-electron chi connectivity index (χ4n) is 4.48. The number of hydrogen-bond donors (Lipinski definition) is 1. The van der Waals surface area contributed by atoms with Crippen LogP contribution in [0.5, 0.6) is 0 Å². The highest BCUT2D eigenvalue weighted by Crippen LogP contribution is 2.28. The molecule has 6 heteroatoms. The Kier molecular flexibility index (Phi) is 6.26. The first kappa shape index (κ1) is 21.0. The zero-order valence-electron chi connectivity index (χ0n) is 17.8. The van der Waals surface area contributed by atoms with E-state index in [2.05, 4.69) is 46.3 Å². The number of amides is 1. The standard InChI is InChI=1S/C25H29N3O3/c1-18-6-2-5-9-23(18)28-16-14-27(15-17-28)20-12-10-19(11-13-20)26-24(29)21-7-3-4-8-22(21)25(30)31/h2-6,9-13,21-22H,7-8,14-17H2,1H3,(H,26,29)(H,30,31)/p-1/t21-,22+/m0/s1. The second kappa shape index (κ2) is 9.25. The number of piperazine rings is 1. The Labute approximate surface area is 183 Å². The molecule has 1 aliphatic heterocycles. The van der Waals surface area contributed by atoms with Crippen LogP contribution in [0.1, 0.15) is 18.4 Å². The Morgan fingerprint density at radius 1 is 0.871 bits per heavy atom. The molecule has 0 aromatic heterocycles. The molecule has 1 N–H and O–H groups in total. The van der Waals surface area contributed by atoms with E-state index in [0.29, 0.717) is 18.5 Å². The van der Waals surface area contributed by atoms with Crippen LogP contribution in [0.2, 0.25) is 0 Å². The molecule has 1 amide bonds. The largest absolute Gasteiger partial charge is 0.550 e. The van der Waals surface area contributed by atoms with Crippen LogP contribution in [0.25, 0.3) is 0 Å². The quantitative estimate of drug-likeness (QED) is 0.756. The molecule has 2 atom stereocenters. The van der Waals surface area contributed by atoms with E-state index in [1.54, 1.807) is 6.08 Å². The molecule has 4 rings (SSSR count). The number of benzene rings is 2. The minimum Gasteiger partial charge on any atom is -0.550 e. The molecular formula is C25H28N3O3-. The number of carboxylic acids is 1. The molecule has 2 aliphatic rings. The number of anilines is 3. The summed E-state index contributed by atoms with van der Waals surface area (Å²) < 4.78 is 0. The second-order valence-corrected chi connectivity index (χ2v) is 8.27. The maximum atomic E-state index is 12.6. The van der Waals surface area contributed by atoms with Gasteiger partial charge in [-0.25, -0.2) is 0 Å². The summed E-state index contributed by atoms with van der Waals surface area (Å²) in [6.45, 7) is 5.93. The third-order valence-corrected chi connectivity index (χ3v) is 6.31. The SMILES string of the molecule is Cc1ccccc1N1CCN(c2ccc(NC(=O)[C@H]3CC=CC[C@H]3C(=O)[O-])cc2)CC1. The van der Waals surface area contributed by atoms with E-state index < -0.39 is 17.8 Å². The van der Waals surface area contributed by atoms with Gasteiger partial charge in [0.05, 0.1) is 5.92 Å². The van der Waals surface area contributed by atoms with Gasteiger partial charge in [0.2, 0.25) is 5.91 Å². The molecular weight excluding hydrogens is 390 g/mol. The monoisotopic (exact) mass is 418 g/mol. The van der Waals surface area contributed by atoms with Crippen LogP contribution in [0.3, 0.4) is 0 Å². The number of aliphatic carboxylic acids is 1. The molecule has 2 aromatic rings. The number of aryl methyl sites for hydroxylation is 1. The van der Waals surface area contributed by atoms with Gasteiger partial charge >= 0.3 is 0 Å². The van der Waals surface area contributed by atoms with Crippen LogP contribution >= 0.6 is 0 Å². The molecule has 162 valence electrons. The van der Waals surface area contributed by atoms with Crippen molar-refractivity contribution in [3.05, 3.63) is 66.2 Å². The van der Waals surface area contributed by atoms with Gasteiger partial charge in [0.25, 0.3) is 0 Å². The Morgan fingerprint density at radius 2 is 1.48 bits per heavy atom. The van der Waals surface area contributed by atoms with Crippen LogP contribution in [-0.2, 0) is 9.59 Å². The highest BCUT2D eigenvalue weighted by atomic mass is 16.4. The number of nitrogens with zero attached hydrogens (tertiary/aromatic N) is 2. The first-order valence-electron chi connectivity index (χ1n) is 10.9. The molecule has 1 aliphatic carbocycles. The third-order valence-electron chi connectivity index (χ3n) is 6.31. The number of para-hydroxylation sites is 1. The van der Waals surface area contributed by atoms with Crippen molar-refractivity contribution >= 4 is 28.9 Å². The maximum Gasteiger partial charge on any atom is 0.228 e. The number of carbonyl (C=O) groups excluding carboxylic acids is 2. The number of allylic oxidation sites excluding steroid dienone is 2. The molecule has 0 radical (unpaired) electrons. The second-order valence-electron chi connectivity index (χ2n) is 8.27. The lowest BCUT2D eigenvalue weighted by atomic mass is 9.82. The van der Waals surface area contributed by atoms with Gasteiger partial charge in [-0.3, -0.25) is 4.79 Å². The molecule has 1 fully saturated rings. The number of hydrogen-bond acceptors (Lipinski definition) is 5. The molecule has 6 nitrogen and oxygen atoms in total. The Bertz CT molecular complexity index is 962. The fraction of sp³-hybridized carbons (Fsp3) is 0.360. The summed E-state index contributed by atoms with van der Waals surface area (Å²) in [4.78, 5) is 28.7. The Hall–Kier alpha value is -3.28. The molecule has 1 saturated heterocycles. The smallest absolute Gasteiger partial charge is 0.228 e. The third kappa shape index (κ3) is 4.74. The number of carboxylic acid groups (broad SMARTS) is 1. The van der Waals surface area contributed by atoms with Crippen LogP contribution in [0.15, 0.2) is 60.7 Å². The predicted molar refractivity (Wildman–Crippen MR) is 121 cm³/mol. The van der Waals surface area contributed by atoms with Crippen molar-refractivity contribution in [1.82, 2.24) is 0 Å². The van der Waals surface area contributed by atoms with Crippen molar-refractivity contribution in [1.29, 1.82) is 0 Å². The van der Waals surface area contributed by atoms with Gasteiger partial charge in [-0.05, 0) is 55.7 Å². The van der Waals surface area contributed by atoms with Gasteiger partial charge in [0.15, 0.2) is 0 Å². The van der Waals surface area contributed by atoms with E-state index in [1.165, 1.54) is 11.3 Å². The summed E-state index contributed by atoms with van der Waals surface area (Å²) >= 11 is 0.